The predicted octanol–water partition coefficient (Wildman–Crippen LogP) is 12.6. The normalized spacial score (nSPS) is 13.8. The van der Waals surface area contributed by atoms with Gasteiger partial charge in [0.15, 0.2) is 0 Å². The Bertz CT molecular complexity index is 3030. The van der Waals surface area contributed by atoms with Gasteiger partial charge in [-0.3, -0.25) is 0 Å². The summed E-state index contributed by atoms with van der Waals surface area (Å²) in [6.07, 6.45) is 1.94. The molecule has 2 aromatic heterocycles. The van der Waals surface area contributed by atoms with Crippen LogP contribution in [-0.2, 0) is 26.5 Å². The number of pyridine rings is 1. The number of hydrogen-bond donors (Lipinski definition) is 0. The van der Waals surface area contributed by atoms with Gasteiger partial charge < -0.3 is 4.57 Å². The van der Waals surface area contributed by atoms with E-state index in [-0.39, 0.29) is 27.1 Å². The minimum atomic E-state index is -0.733. The number of para-hydroxylation sites is 3. The number of benzene rings is 7. The van der Waals surface area contributed by atoms with Crippen LogP contribution in [0.2, 0.25) is 0 Å². The summed E-state index contributed by atoms with van der Waals surface area (Å²) in [5.74, 6) is 0.860. The molecule has 1 aliphatic heterocycles. The molecule has 290 valence electrons. The first-order valence-corrected chi connectivity index (χ1v) is 20.0. The molecule has 0 atom stereocenters. The van der Waals surface area contributed by atoms with Gasteiger partial charge in [-0.1, -0.05) is 103 Å². The summed E-state index contributed by atoms with van der Waals surface area (Å²) in [5.41, 5.74) is 16.2. The Hall–Kier alpha value is -6.26. The van der Waals surface area contributed by atoms with Gasteiger partial charge in [0.25, 0.3) is 0 Å². The second-order valence-corrected chi connectivity index (χ2v) is 15.8. The van der Waals surface area contributed by atoms with Gasteiger partial charge >= 0.3 is 0 Å². The topological polar surface area (TPSA) is 37.1 Å². The number of anilines is 3. The zero-order valence-corrected chi connectivity index (χ0v) is 35.5. The van der Waals surface area contributed by atoms with Gasteiger partial charge in [0.1, 0.15) is 17.2 Å². The van der Waals surface area contributed by atoms with Crippen molar-refractivity contribution in [1.82, 2.24) is 9.55 Å². The van der Waals surface area contributed by atoms with Crippen molar-refractivity contribution in [2.24, 2.45) is 0 Å². The summed E-state index contributed by atoms with van der Waals surface area (Å²) in [7, 11) is 0. The number of hydroxylamine groups is 1. The first-order valence-electron chi connectivity index (χ1n) is 20.0. The number of nitrogens with zero attached hydrogens (tertiary/aromatic N) is 4. The third-order valence-corrected chi connectivity index (χ3v) is 12.1. The largest absolute Gasteiger partial charge is 0.319 e. The molecule has 0 saturated carbocycles. The molecular weight excluding hydrogens is 904 g/mol. The Morgan fingerprint density at radius 1 is 0.610 bits per heavy atom. The predicted molar refractivity (Wildman–Crippen MR) is 236 cm³/mol. The monoisotopic (exact) mass is 944 g/mol. The Balaban J connectivity index is 0.00000420. The van der Waals surface area contributed by atoms with Crippen molar-refractivity contribution >= 4 is 38.9 Å². The summed E-state index contributed by atoms with van der Waals surface area (Å²) in [4.78, 5) is 10.2. The van der Waals surface area contributed by atoms with Crippen molar-refractivity contribution in [2.45, 2.75) is 39.2 Å². The maximum absolute atomic E-state index is 5.14. The average molecular weight is 945 g/mol. The zero-order valence-electron chi connectivity index (χ0n) is 33.2. The molecule has 11 rings (SSSR count). The minimum absolute atomic E-state index is 0. The van der Waals surface area contributed by atoms with Crippen molar-refractivity contribution in [3.63, 3.8) is 0 Å². The maximum atomic E-state index is 5.14. The van der Waals surface area contributed by atoms with Crippen LogP contribution in [0.5, 0.6) is 0 Å². The van der Waals surface area contributed by atoms with Crippen LogP contribution < -0.4 is 10.1 Å². The smallest absolute Gasteiger partial charge is 0.145 e. The molecule has 9 aromatic rings. The van der Waals surface area contributed by atoms with Gasteiger partial charge in [-0.25, -0.2) is 4.98 Å². The van der Waals surface area contributed by atoms with E-state index in [4.69, 9.17) is 9.92 Å². The second kappa shape index (κ2) is 14.2. The van der Waals surface area contributed by atoms with E-state index in [1.807, 2.05) is 11.3 Å². The van der Waals surface area contributed by atoms with Gasteiger partial charge in [0.05, 0.1) is 6.04 Å². The van der Waals surface area contributed by atoms with Gasteiger partial charge in [0, 0.05) is 43.9 Å². The van der Waals surface area contributed by atoms with Crippen LogP contribution in [-0.4, -0.2) is 20.5 Å². The summed E-state index contributed by atoms with van der Waals surface area (Å²) < 4.78 is 2.30. The molecule has 0 fully saturated rings. The molecule has 0 bridgehead atoms. The molecule has 59 heavy (non-hydrogen) atoms. The minimum Gasteiger partial charge on any atom is -0.319 e. The van der Waals surface area contributed by atoms with Crippen molar-refractivity contribution in [3.8, 4) is 28.1 Å². The molecule has 7 aromatic carbocycles. The van der Waals surface area contributed by atoms with Crippen LogP contribution in [0.1, 0.15) is 47.2 Å². The van der Waals surface area contributed by atoms with Crippen LogP contribution in [0.25, 0.3) is 49.9 Å². The summed E-state index contributed by atoms with van der Waals surface area (Å²) in [6.45, 7) is 8.71. The molecule has 0 amide bonds. The third kappa shape index (κ3) is 5.49. The summed E-state index contributed by atoms with van der Waals surface area (Å²) in [5, 5.41) is 6.43. The quantitative estimate of drug-likeness (QED) is 0.123. The number of hydrogen-bond acceptors (Lipinski definition) is 3. The number of aromatic nitrogens is 2. The molecule has 3 heterocycles. The van der Waals surface area contributed by atoms with E-state index in [1.54, 1.807) is 0 Å². The summed E-state index contributed by atoms with van der Waals surface area (Å²) in [6, 6.07) is 65.0. The number of aryl methyl sites for hydroxylation is 2. The Kier molecular flexibility index (Phi) is 8.93. The van der Waals surface area contributed by atoms with Crippen LogP contribution in [0, 0.1) is 26.0 Å². The standard InChI is InChI=1S/C53H40N4O.Pt/c1-34(2)56-48-25-11-12-26-49(48)57(58-56)40-18-14-17-38(32-40)53(45-22-8-5-19-41(45)42-20-6-9-23-46(42)53)39-27-28-44-43-21-7-10-24-47(43)55(50(44)33-39)51-31-37(29-30-54-51)52-35(3)15-13-16-36(52)4;/h5-31,34H,1-4H3;/q-2;/p+1. The average Bonchev–Trinajstić information content (AvgIpc) is 3.91. The van der Waals surface area contributed by atoms with Crippen LogP contribution >= 0.6 is 0 Å². The SMILES string of the molecule is Cc1cccc(C)c1-c1ccnc(-n2c3[c-]c(C4(c5[c-]c(N6[OH+]N(C(C)C)c7ccccc76)ccc5)c5ccccc5-c5ccccc54)ccc3c3ccccc32)c1.[Pt]. The summed E-state index contributed by atoms with van der Waals surface area (Å²) >= 11 is 0. The van der Waals surface area contributed by atoms with E-state index < -0.39 is 5.41 Å². The maximum Gasteiger partial charge on any atom is 0.145 e. The third-order valence-electron chi connectivity index (χ3n) is 12.1. The molecule has 0 radical (unpaired) electrons. The van der Waals surface area contributed by atoms with Gasteiger partial charge in [0.2, 0.25) is 0 Å². The molecule has 0 saturated heterocycles. The Morgan fingerprint density at radius 2 is 1.25 bits per heavy atom. The van der Waals surface area contributed by atoms with E-state index in [2.05, 4.69) is 207 Å². The first-order chi connectivity index (χ1) is 28.4. The van der Waals surface area contributed by atoms with Crippen molar-refractivity contribution in [2.75, 3.05) is 10.1 Å². The molecule has 5 nitrogen and oxygen atoms in total. The van der Waals surface area contributed by atoms with Gasteiger partial charge in [-0.15, -0.1) is 38.8 Å². The first kappa shape index (κ1) is 37.0. The zero-order chi connectivity index (χ0) is 39.1. The van der Waals surface area contributed by atoms with E-state index in [0.29, 0.717) is 0 Å². The fourth-order valence-corrected chi connectivity index (χ4v) is 9.66. The fourth-order valence-electron chi connectivity index (χ4n) is 9.66. The van der Waals surface area contributed by atoms with Crippen LogP contribution in [0.15, 0.2) is 164 Å². The van der Waals surface area contributed by atoms with Crippen molar-refractivity contribution in [3.05, 3.63) is 209 Å². The molecule has 0 unspecified atom stereocenters. The van der Waals surface area contributed by atoms with Gasteiger partial charge in [-0.2, -0.15) is 35.3 Å². The molecule has 0 spiro atoms. The molecular formula is C53H41N4OPt-. The Labute approximate surface area is 359 Å². The van der Waals surface area contributed by atoms with E-state index in [9.17, 15) is 0 Å². The molecule has 1 N–H and O–H groups in total. The van der Waals surface area contributed by atoms with Gasteiger partial charge in [-0.05, 0) is 108 Å². The number of rotatable bonds is 6. The van der Waals surface area contributed by atoms with Crippen molar-refractivity contribution in [1.29, 1.82) is 0 Å². The van der Waals surface area contributed by atoms with Crippen molar-refractivity contribution < 1.29 is 26.0 Å². The van der Waals surface area contributed by atoms with Crippen LogP contribution in [0.4, 0.5) is 17.1 Å². The molecule has 1 aliphatic carbocycles. The fraction of sp³-hybridized carbons (Fsp3) is 0.113. The number of fused-ring (bicyclic) bond motifs is 7. The Morgan fingerprint density at radius 3 is 2.00 bits per heavy atom. The molecule has 6 heteroatoms. The van der Waals surface area contributed by atoms with Crippen LogP contribution in [0.3, 0.4) is 0 Å². The van der Waals surface area contributed by atoms with E-state index in [1.165, 1.54) is 44.3 Å². The van der Waals surface area contributed by atoms with E-state index in [0.717, 1.165) is 56.0 Å². The molecule has 2 aliphatic rings. The second-order valence-electron chi connectivity index (χ2n) is 15.8. The van der Waals surface area contributed by atoms with E-state index >= 15 is 0 Å².